The Morgan fingerprint density at radius 2 is 2.17 bits per heavy atom. The van der Waals surface area contributed by atoms with Gasteiger partial charge in [0.25, 0.3) is 0 Å². The molecule has 0 aliphatic heterocycles. The molecular weight excluding hydrogens is 255 g/mol. The molecule has 1 aromatic carbocycles. The van der Waals surface area contributed by atoms with Crippen LogP contribution in [-0.2, 0) is 6.61 Å². The average Bonchev–Trinajstić information content (AvgIpc) is 2.79. The lowest BCUT2D eigenvalue weighted by Gasteiger charge is -2.05. The minimum atomic E-state index is -0.941. The number of hydrogen-bond donors (Lipinski definition) is 1. The van der Waals surface area contributed by atoms with E-state index in [9.17, 15) is 9.18 Å². The van der Waals surface area contributed by atoms with Crippen LogP contribution >= 0.6 is 11.3 Å². The summed E-state index contributed by atoms with van der Waals surface area (Å²) in [5.41, 5.74) is 0.518. The van der Waals surface area contributed by atoms with Gasteiger partial charge in [0.05, 0.1) is 0 Å². The first-order valence-corrected chi connectivity index (χ1v) is 6.09. The summed E-state index contributed by atoms with van der Waals surface area (Å²) in [5.74, 6) is -0.644. The largest absolute Gasteiger partial charge is 0.488 e. The van der Waals surface area contributed by atoms with Gasteiger partial charge in [-0.1, -0.05) is 0 Å². The fraction of sp³-hybridized carbons (Fsp3) is 0.154. The number of carbonyl (C=O) groups is 1. The van der Waals surface area contributed by atoms with Crippen molar-refractivity contribution in [1.29, 1.82) is 0 Å². The Hall–Kier alpha value is -1.88. The molecule has 18 heavy (non-hydrogen) atoms. The molecule has 5 heteroatoms. The molecule has 0 atom stereocenters. The van der Waals surface area contributed by atoms with E-state index in [4.69, 9.17) is 9.84 Å². The lowest BCUT2D eigenvalue weighted by atomic mass is 10.2. The predicted octanol–water partition coefficient (Wildman–Crippen LogP) is 3.47. The van der Waals surface area contributed by atoms with Crippen molar-refractivity contribution in [2.75, 3.05) is 0 Å². The summed E-state index contributed by atoms with van der Waals surface area (Å²) < 4.78 is 18.5. The smallest absolute Gasteiger partial charge is 0.345 e. The molecule has 0 aliphatic rings. The molecule has 0 saturated carbocycles. The molecule has 94 valence electrons. The van der Waals surface area contributed by atoms with Gasteiger partial charge in [0, 0.05) is 4.88 Å². The summed E-state index contributed by atoms with van der Waals surface area (Å²) in [5, 5.41) is 8.78. The van der Waals surface area contributed by atoms with Crippen LogP contribution in [-0.4, -0.2) is 11.1 Å². The number of benzene rings is 1. The number of rotatable bonds is 4. The third kappa shape index (κ3) is 2.87. The van der Waals surface area contributed by atoms with E-state index in [-0.39, 0.29) is 17.3 Å². The van der Waals surface area contributed by atoms with Crippen LogP contribution in [0.1, 0.15) is 20.1 Å². The second-order valence-electron chi connectivity index (χ2n) is 3.77. The Morgan fingerprint density at radius 3 is 2.78 bits per heavy atom. The number of halogens is 1. The van der Waals surface area contributed by atoms with Gasteiger partial charge < -0.3 is 9.84 Å². The minimum absolute atomic E-state index is 0.272. The normalized spacial score (nSPS) is 10.3. The van der Waals surface area contributed by atoms with Gasteiger partial charge in [-0.25, -0.2) is 9.18 Å². The lowest BCUT2D eigenvalue weighted by molar-refractivity contribution is 0.0702. The molecule has 0 unspecified atom stereocenters. The van der Waals surface area contributed by atoms with Crippen LogP contribution < -0.4 is 4.74 Å². The van der Waals surface area contributed by atoms with E-state index in [2.05, 4.69) is 0 Å². The molecule has 0 bridgehead atoms. The van der Waals surface area contributed by atoms with Crippen LogP contribution in [0.25, 0.3) is 0 Å². The number of thiophene rings is 1. The zero-order chi connectivity index (χ0) is 13.1. The highest BCUT2D eigenvalue weighted by atomic mass is 32.1. The monoisotopic (exact) mass is 266 g/mol. The van der Waals surface area contributed by atoms with Crippen LogP contribution in [0.3, 0.4) is 0 Å². The molecule has 1 heterocycles. The first-order chi connectivity index (χ1) is 8.56. The molecule has 3 nitrogen and oxygen atoms in total. The van der Waals surface area contributed by atoms with Crippen LogP contribution in [0.4, 0.5) is 4.39 Å². The molecule has 0 saturated heterocycles. The maximum atomic E-state index is 13.0. The fourth-order valence-electron chi connectivity index (χ4n) is 1.43. The van der Waals surface area contributed by atoms with Gasteiger partial charge in [0.2, 0.25) is 0 Å². The molecule has 0 fully saturated rings. The van der Waals surface area contributed by atoms with E-state index < -0.39 is 5.97 Å². The lowest BCUT2D eigenvalue weighted by Crippen LogP contribution is -1.94. The van der Waals surface area contributed by atoms with Crippen molar-refractivity contribution in [3.8, 4) is 5.75 Å². The fourth-order valence-corrected chi connectivity index (χ4v) is 2.19. The number of carboxylic acids is 1. The zero-order valence-corrected chi connectivity index (χ0v) is 10.5. The van der Waals surface area contributed by atoms with Crippen LogP contribution in [0, 0.1) is 12.7 Å². The molecule has 0 radical (unpaired) electrons. The van der Waals surface area contributed by atoms with Crippen LogP contribution in [0.15, 0.2) is 30.3 Å². The van der Waals surface area contributed by atoms with Crippen molar-refractivity contribution in [3.05, 3.63) is 51.5 Å². The number of aromatic carboxylic acids is 1. The van der Waals surface area contributed by atoms with Crippen molar-refractivity contribution in [1.82, 2.24) is 0 Å². The maximum Gasteiger partial charge on any atom is 0.345 e. The predicted molar refractivity (Wildman–Crippen MR) is 66.7 cm³/mol. The van der Waals surface area contributed by atoms with Gasteiger partial charge in [0.15, 0.2) is 0 Å². The summed E-state index contributed by atoms with van der Waals surface area (Å²) >= 11 is 1.17. The molecule has 2 aromatic rings. The van der Waals surface area contributed by atoms with Crippen LogP contribution in [0.2, 0.25) is 0 Å². The van der Waals surface area contributed by atoms with Gasteiger partial charge >= 0.3 is 5.97 Å². The first kappa shape index (κ1) is 12.6. The van der Waals surface area contributed by atoms with Crippen LogP contribution in [0.5, 0.6) is 5.75 Å². The second kappa shape index (κ2) is 5.18. The standard InChI is InChI=1S/C13H11FO3S/c1-8-6-9(2-4-11(8)14)17-7-10-3-5-12(18-10)13(15)16/h2-6H,7H2,1H3,(H,15,16). The Balaban J connectivity index is 2.02. The Morgan fingerprint density at radius 1 is 1.39 bits per heavy atom. The Bertz CT molecular complexity index is 577. The molecule has 0 spiro atoms. The number of aryl methyl sites for hydroxylation is 1. The number of ether oxygens (including phenoxy) is 1. The number of hydrogen-bond acceptors (Lipinski definition) is 3. The van der Waals surface area contributed by atoms with E-state index in [1.807, 2.05) is 0 Å². The van der Waals surface area contributed by atoms with Crippen molar-refractivity contribution in [2.45, 2.75) is 13.5 Å². The maximum absolute atomic E-state index is 13.0. The highest BCUT2D eigenvalue weighted by molar-refractivity contribution is 7.13. The second-order valence-corrected chi connectivity index (χ2v) is 4.94. The summed E-state index contributed by atoms with van der Waals surface area (Å²) in [4.78, 5) is 11.8. The van der Waals surface area contributed by atoms with E-state index in [0.29, 0.717) is 11.3 Å². The van der Waals surface area contributed by atoms with Crippen molar-refractivity contribution < 1.29 is 19.0 Å². The Kier molecular flexibility index (Phi) is 3.62. The van der Waals surface area contributed by atoms with Gasteiger partial charge in [-0.2, -0.15) is 0 Å². The third-order valence-electron chi connectivity index (χ3n) is 2.38. The minimum Gasteiger partial charge on any atom is -0.488 e. The Labute approximate surface area is 107 Å². The van der Waals surface area contributed by atoms with Gasteiger partial charge in [0.1, 0.15) is 23.1 Å². The summed E-state index contributed by atoms with van der Waals surface area (Å²) in [6.07, 6.45) is 0. The van der Waals surface area contributed by atoms with E-state index in [1.54, 1.807) is 31.2 Å². The van der Waals surface area contributed by atoms with E-state index in [1.165, 1.54) is 17.4 Å². The van der Waals surface area contributed by atoms with Gasteiger partial charge in [-0.3, -0.25) is 0 Å². The third-order valence-corrected chi connectivity index (χ3v) is 3.43. The summed E-state index contributed by atoms with van der Waals surface area (Å²) in [7, 11) is 0. The topological polar surface area (TPSA) is 46.5 Å². The van der Waals surface area contributed by atoms with Gasteiger partial charge in [-0.15, -0.1) is 11.3 Å². The van der Waals surface area contributed by atoms with E-state index >= 15 is 0 Å². The molecule has 1 N–H and O–H groups in total. The zero-order valence-electron chi connectivity index (χ0n) is 9.64. The highest BCUT2D eigenvalue weighted by Crippen LogP contribution is 2.21. The van der Waals surface area contributed by atoms with Crippen molar-refractivity contribution in [3.63, 3.8) is 0 Å². The molecule has 2 rings (SSSR count). The highest BCUT2D eigenvalue weighted by Gasteiger charge is 2.07. The van der Waals surface area contributed by atoms with Crippen molar-refractivity contribution in [2.24, 2.45) is 0 Å². The number of carboxylic acid groups (broad SMARTS) is 1. The average molecular weight is 266 g/mol. The molecule has 0 amide bonds. The molecule has 0 aliphatic carbocycles. The summed E-state index contributed by atoms with van der Waals surface area (Å²) in [6.45, 7) is 1.94. The summed E-state index contributed by atoms with van der Waals surface area (Å²) in [6, 6.07) is 7.77. The van der Waals surface area contributed by atoms with Crippen molar-refractivity contribution >= 4 is 17.3 Å². The molecular formula is C13H11FO3S. The SMILES string of the molecule is Cc1cc(OCc2ccc(C(=O)O)s2)ccc1F. The molecule has 1 aromatic heterocycles. The van der Waals surface area contributed by atoms with Gasteiger partial charge in [-0.05, 0) is 42.8 Å². The quantitative estimate of drug-likeness (QED) is 0.921. The first-order valence-electron chi connectivity index (χ1n) is 5.27. The van der Waals surface area contributed by atoms with E-state index in [0.717, 1.165) is 4.88 Å².